The van der Waals surface area contributed by atoms with Crippen molar-refractivity contribution in [2.24, 2.45) is 10.7 Å². The van der Waals surface area contributed by atoms with Gasteiger partial charge in [-0.2, -0.15) is 0 Å². The van der Waals surface area contributed by atoms with Gasteiger partial charge in [-0.1, -0.05) is 24.1 Å². The van der Waals surface area contributed by atoms with Crippen LogP contribution in [0.2, 0.25) is 0 Å². The summed E-state index contributed by atoms with van der Waals surface area (Å²) in [5, 5.41) is 0.763. The second-order valence-corrected chi connectivity index (χ2v) is 5.73. The predicted octanol–water partition coefficient (Wildman–Crippen LogP) is 1.83. The number of ether oxygens (including phenoxy) is 1. The van der Waals surface area contributed by atoms with Gasteiger partial charge < -0.3 is 14.9 Å². The van der Waals surface area contributed by atoms with Gasteiger partial charge in [0.25, 0.3) is 0 Å². The molecule has 4 rings (SSSR count). The number of anilines is 1. The van der Waals surface area contributed by atoms with Gasteiger partial charge in [-0.15, -0.1) is 0 Å². The molecule has 0 saturated heterocycles. The van der Waals surface area contributed by atoms with E-state index in [1.165, 1.54) is 0 Å². The Morgan fingerprint density at radius 3 is 2.58 bits per heavy atom. The lowest BCUT2D eigenvalue weighted by Crippen LogP contribution is -2.47. The largest absolute Gasteiger partial charge is 0.497 e. The van der Waals surface area contributed by atoms with E-state index in [-0.39, 0.29) is 0 Å². The lowest BCUT2D eigenvalue weighted by molar-refractivity contribution is 0.415. The van der Waals surface area contributed by atoms with Crippen LogP contribution in [-0.4, -0.2) is 13.3 Å². The second kappa shape index (κ2) is 6.69. The molecule has 1 aliphatic rings. The lowest BCUT2D eigenvalue weighted by Gasteiger charge is -2.29. The molecule has 2 N–H and O–H groups in total. The Hall–Kier alpha value is -3.65. The number of rotatable bonds is 2. The van der Waals surface area contributed by atoms with Crippen LogP contribution >= 0.6 is 0 Å². The fourth-order valence-corrected chi connectivity index (χ4v) is 2.82. The molecule has 1 unspecified atom stereocenters. The molecule has 1 aromatic heterocycles. The average molecular weight is 343 g/mol. The Morgan fingerprint density at radius 2 is 1.85 bits per heavy atom. The van der Waals surface area contributed by atoms with Crippen molar-refractivity contribution in [2.45, 2.75) is 6.17 Å². The van der Waals surface area contributed by atoms with Crippen molar-refractivity contribution in [1.29, 1.82) is 0 Å². The van der Waals surface area contributed by atoms with Crippen LogP contribution in [0.1, 0.15) is 5.56 Å². The van der Waals surface area contributed by atoms with E-state index in [0.717, 1.165) is 22.2 Å². The summed E-state index contributed by atoms with van der Waals surface area (Å²) in [7, 11) is 1.64. The highest BCUT2D eigenvalue weighted by Crippen LogP contribution is 2.24. The summed E-state index contributed by atoms with van der Waals surface area (Å²) in [5.74, 6) is 7.68. The van der Waals surface area contributed by atoms with Crippen molar-refractivity contribution in [2.75, 3.05) is 12.0 Å². The third kappa shape index (κ3) is 2.89. The van der Waals surface area contributed by atoms with Crippen LogP contribution in [0.4, 0.5) is 5.69 Å². The van der Waals surface area contributed by atoms with Crippen LogP contribution in [0.5, 0.6) is 5.75 Å². The highest BCUT2D eigenvalue weighted by Gasteiger charge is 2.24. The minimum atomic E-state index is -0.484. The summed E-state index contributed by atoms with van der Waals surface area (Å²) in [6.07, 6.45) is 1.10. The monoisotopic (exact) mass is 343 g/mol. The number of fused-ring (bicyclic) bond motifs is 1. The summed E-state index contributed by atoms with van der Waals surface area (Å²) < 4.78 is 10.7. The summed E-state index contributed by atoms with van der Waals surface area (Å²) in [4.78, 5) is 6.52. The van der Waals surface area contributed by atoms with Crippen LogP contribution in [0.25, 0.3) is 5.82 Å². The van der Waals surface area contributed by atoms with E-state index >= 15 is 0 Å². The molecule has 0 amide bonds. The maximum absolute atomic E-state index is 6.42. The third-order valence-electron chi connectivity index (χ3n) is 4.13. The van der Waals surface area contributed by atoms with Gasteiger partial charge in [0.15, 0.2) is 6.17 Å². The maximum Gasteiger partial charge on any atom is 0.227 e. The molecule has 0 radical (unpaired) electrons. The first-order valence-corrected chi connectivity index (χ1v) is 8.17. The SMILES string of the molecule is COc1ccc(N2C(N)=c3ccoc3=NC2C#Cc2ccccc2)cc1. The Kier molecular flexibility index (Phi) is 4.08. The third-order valence-corrected chi connectivity index (χ3v) is 4.13. The van der Waals surface area contributed by atoms with Gasteiger partial charge >= 0.3 is 0 Å². The Labute approximate surface area is 151 Å². The molecule has 0 spiro atoms. The zero-order valence-corrected chi connectivity index (χ0v) is 14.2. The van der Waals surface area contributed by atoms with Crippen molar-refractivity contribution in [1.82, 2.24) is 0 Å². The summed E-state index contributed by atoms with van der Waals surface area (Å²) >= 11 is 0. The first kappa shape index (κ1) is 15.9. The van der Waals surface area contributed by atoms with Gasteiger partial charge in [-0.3, -0.25) is 4.90 Å². The van der Waals surface area contributed by atoms with Crippen LogP contribution in [0.15, 0.2) is 76.3 Å². The molecule has 128 valence electrons. The second-order valence-electron chi connectivity index (χ2n) is 5.73. The van der Waals surface area contributed by atoms with Crippen molar-refractivity contribution in [3.63, 3.8) is 0 Å². The van der Waals surface area contributed by atoms with Crippen LogP contribution in [0.3, 0.4) is 0 Å². The molecular formula is C21H17N3O2. The summed E-state index contributed by atoms with van der Waals surface area (Å²) in [6, 6.07) is 19.2. The number of furan rings is 1. The quantitative estimate of drug-likeness (QED) is 0.721. The molecule has 5 heteroatoms. The molecular weight excluding hydrogens is 326 g/mol. The Balaban J connectivity index is 1.80. The van der Waals surface area contributed by atoms with Gasteiger partial charge in [-0.25, -0.2) is 4.99 Å². The number of benzene rings is 2. The van der Waals surface area contributed by atoms with Gasteiger partial charge in [0, 0.05) is 11.3 Å². The van der Waals surface area contributed by atoms with E-state index in [4.69, 9.17) is 14.9 Å². The topological polar surface area (TPSA) is 64.0 Å². The minimum absolute atomic E-state index is 0.484. The normalized spacial score (nSPS) is 15.5. The number of nitrogens with two attached hydrogens (primary N) is 1. The molecule has 0 aliphatic carbocycles. The Bertz CT molecular complexity index is 1090. The molecule has 26 heavy (non-hydrogen) atoms. The smallest absolute Gasteiger partial charge is 0.227 e. The fraction of sp³-hybridized carbons (Fsp3) is 0.0952. The van der Waals surface area contributed by atoms with Crippen LogP contribution < -0.4 is 26.1 Å². The number of hydrogen-bond donors (Lipinski definition) is 1. The molecule has 1 aliphatic heterocycles. The standard InChI is InChI=1S/C21H17N3O2/c1-25-17-10-8-16(9-11-17)24-19(12-7-15-5-3-2-4-6-15)23-21-18(20(24)22)13-14-26-21/h2-6,8-11,13-14,19H,22H2,1H3. The molecule has 0 fully saturated rings. The molecule has 0 bridgehead atoms. The molecule has 3 aromatic rings. The van der Waals surface area contributed by atoms with E-state index in [9.17, 15) is 0 Å². The van der Waals surface area contributed by atoms with Crippen molar-refractivity contribution in [3.05, 3.63) is 83.3 Å². The minimum Gasteiger partial charge on any atom is -0.497 e. The van der Waals surface area contributed by atoms with Gasteiger partial charge in [-0.05, 0) is 48.4 Å². The number of nitrogens with zero attached hydrogens (tertiary/aromatic N) is 2. The van der Waals surface area contributed by atoms with Crippen LogP contribution in [0, 0.1) is 11.8 Å². The number of methoxy groups -OCH3 is 1. The van der Waals surface area contributed by atoms with Crippen molar-refractivity contribution < 1.29 is 9.15 Å². The zero-order chi connectivity index (χ0) is 17.9. The zero-order valence-electron chi connectivity index (χ0n) is 14.2. The maximum atomic E-state index is 6.42. The molecule has 5 nitrogen and oxygen atoms in total. The van der Waals surface area contributed by atoms with Gasteiger partial charge in [0.05, 0.1) is 18.6 Å². The van der Waals surface area contributed by atoms with E-state index in [2.05, 4.69) is 16.8 Å². The Morgan fingerprint density at radius 1 is 1.08 bits per heavy atom. The average Bonchev–Trinajstić information content (AvgIpc) is 3.16. The summed E-state index contributed by atoms with van der Waals surface area (Å²) in [5.41, 5.74) is 8.72. The summed E-state index contributed by atoms with van der Waals surface area (Å²) in [6.45, 7) is 0. The van der Waals surface area contributed by atoms with E-state index in [0.29, 0.717) is 11.4 Å². The van der Waals surface area contributed by atoms with E-state index in [1.807, 2.05) is 65.6 Å². The highest BCUT2D eigenvalue weighted by atomic mass is 16.5. The van der Waals surface area contributed by atoms with Crippen molar-refractivity contribution >= 4 is 11.5 Å². The highest BCUT2D eigenvalue weighted by molar-refractivity contribution is 5.69. The molecule has 2 aromatic carbocycles. The fourth-order valence-electron chi connectivity index (χ4n) is 2.82. The van der Waals surface area contributed by atoms with Gasteiger partial charge in [0.2, 0.25) is 5.55 Å². The first-order chi connectivity index (χ1) is 12.8. The van der Waals surface area contributed by atoms with E-state index in [1.54, 1.807) is 13.4 Å². The van der Waals surface area contributed by atoms with Crippen LogP contribution in [-0.2, 0) is 0 Å². The van der Waals surface area contributed by atoms with Gasteiger partial charge in [0.1, 0.15) is 11.6 Å². The molecule has 1 atom stereocenters. The lowest BCUT2D eigenvalue weighted by atomic mass is 10.2. The molecule has 0 saturated carbocycles. The van der Waals surface area contributed by atoms with E-state index < -0.39 is 6.17 Å². The predicted molar refractivity (Wildman–Crippen MR) is 99.7 cm³/mol. The van der Waals surface area contributed by atoms with Crippen molar-refractivity contribution in [3.8, 4) is 17.6 Å². The molecule has 2 heterocycles. The number of hydrogen-bond acceptors (Lipinski definition) is 5. The first-order valence-electron chi connectivity index (χ1n) is 8.17.